The highest BCUT2D eigenvalue weighted by molar-refractivity contribution is 5.90. The van der Waals surface area contributed by atoms with E-state index >= 15 is 0 Å². The van der Waals surface area contributed by atoms with Crippen LogP contribution in [0.15, 0.2) is 175 Å². The van der Waals surface area contributed by atoms with Crippen molar-refractivity contribution in [1.82, 2.24) is 0 Å². The molecule has 0 amide bonds. The Bertz CT molecular complexity index is 2560. The second-order valence-corrected chi connectivity index (χ2v) is 17.8. The highest BCUT2D eigenvalue weighted by atomic mass is 15.1. The zero-order valence-corrected chi connectivity index (χ0v) is 39.4. The van der Waals surface area contributed by atoms with E-state index in [0.717, 1.165) is 48.4 Å². The quantitative estimate of drug-likeness (QED) is 0.178. The van der Waals surface area contributed by atoms with Gasteiger partial charge in [-0.3, -0.25) is 0 Å². The summed E-state index contributed by atoms with van der Waals surface area (Å²) in [5.74, 6) is 0. The number of nitrogens with one attached hydrogen (secondary N) is 1. The Kier molecular flexibility index (Phi) is 14.6. The summed E-state index contributed by atoms with van der Waals surface area (Å²) >= 11 is 0. The molecule has 5 aromatic rings. The molecule has 0 unspecified atom stereocenters. The smallest absolute Gasteiger partial charge is 0.0468 e. The summed E-state index contributed by atoms with van der Waals surface area (Å²) in [6.45, 7) is 24.4. The lowest BCUT2D eigenvalue weighted by atomic mass is 9.68. The van der Waals surface area contributed by atoms with Gasteiger partial charge in [-0.25, -0.2) is 0 Å². The minimum absolute atomic E-state index is 0.0908. The Labute approximate surface area is 374 Å². The number of allylic oxidation sites excluding steroid dienone is 12. The summed E-state index contributed by atoms with van der Waals surface area (Å²) in [7, 11) is 0. The van der Waals surface area contributed by atoms with Crippen molar-refractivity contribution < 1.29 is 0 Å². The van der Waals surface area contributed by atoms with Crippen molar-refractivity contribution in [2.75, 3.05) is 10.2 Å². The first-order valence-corrected chi connectivity index (χ1v) is 23.1. The minimum atomic E-state index is -0.319. The second-order valence-electron chi connectivity index (χ2n) is 17.8. The van der Waals surface area contributed by atoms with Gasteiger partial charge >= 0.3 is 0 Å². The van der Waals surface area contributed by atoms with Crippen LogP contribution in [0.5, 0.6) is 0 Å². The van der Waals surface area contributed by atoms with E-state index in [2.05, 4.69) is 229 Å². The van der Waals surface area contributed by atoms with E-state index in [9.17, 15) is 0 Å². The Hall–Kier alpha value is -5.86. The fraction of sp³-hybridized carbons (Fsp3) is 0.300. The van der Waals surface area contributed by atoms with E-state index in [1.165, 1.54) is 55.3 Å². The Morgan fingerprint density at radius 3 is 2.00 bits per heavy atom. The van der Waals surface area contributed by atoms with E-state index < -0.39 is 0 Å². The molecule has 0 atom stereocenters. The summed E-state index contributed by atoms with van der Waals surface area (Å²) < 4.78 is 0. The molecule has 0 aromatic heterocycles. The molecule has 1 N–H and O–H groups in total. The maximum absolute atomic E-state index is 3.81. The molecule has 8 rings (SSSR count). The van der Waals surface area contributed by atoms with Gasteiger partial charge in [0.25, 0.3) is 0 Å². The number of rotatable bonds is 5. The molecule has 2 aliphatic carbocycles. The first-order valence-electron chi connectivity index (χ1n) is 23.1. The van der Waals surface area contributed by atoms with Gasteiger partial charge in [0, 0.05) is 39.8 Å². The Balaban J connectivity index is 0.00000156. The predicted octanol–water partition coefficient (Wildman–Crippen LogP) is 17.9. The number of hydrogen-bond acceptors (Lipinski definition) is 2. The monoisotopic (exact) mass is 819 g/mol. The van der Waals surface area contributed by atoms with Crippen molar-refractivity contribution in [3.8, 4) is 0 Å². The van der Waals surface area contributed by atoms with Crippen molar-refractivity contribution in [2.45, 2.75) is 113 Å². The third-order valence-corrected chi connectivity index (χ3v) is 12.9. The lowest BCUT2D eigenvalue weighted by Gasteiger charge is -2.37. The molecule has 1 heterocycles. The van der Waals surface area contributed by atoms with Crippen LogP contribution in [0.25, 0.3) is 22.4 Å². The molecule has 0 spiro atoms. The van der Waals surface area contributed by atoms with Crippen LogP contribution in [0.1, 0.15) is 130 Å². The third-order valence-electron chi connectivity index (χ3n) is 12.9. The number of hydrogen-bond donors (Lipinski definition) is 1. The maximum atomic E-state index is 3.81. The topological polar surface area (TPSA) is 15.3 Å². The average Bonchev–Trinajstić information content (AvgIpc) is 3.28. The predicted molar refractivity (Wildman–Crippen MR) is 275 cm³/mol. The summed E-state index contributed by atoms with van der Waals surface area (Å²) in [5, 5.41) is 6.26. The molecule has 0 radical (unpaired) electrons. The summed E-state index contributed by atoms with van der Waals surface area (Å²) in [4.78, 5) is 2.43. The molecule has 320 valence electrons. The highest BCUT2D eigenvalue weighted by Crippen LogP contribution is 2.47. The average molecular weight is 819 g/mol. The normalized spacial score (nSPS) is 20.7. The standard InChI is InChI=1S/C56H58N2.2C2H6/c1-8-40(36-44-22-13-11-9-10-12-18-35-54(44,2)3)42-27-30-46(31-28-42)58(47-32-29-41-20-14-15-21-43(41)37-47)48-33-34-53-52(38-48)56(6,7)51-26-19-25-50-49(51)24-17-16-23-45(39-57-53)55(50,4)5;2*1-2/h8-9,11-12,14-21,23-34,36-39,57H,10,13,22,35H2,1-7H3;2*1-2H3/b11-9-,18-12-,23-16-,24-17-,40-8+,44-36+,45-39-;;. The van der Waals surface area contributed by atoms with Gasteiger partial charge in [0.2, 0.25) is 0 Å². The zero-order valence-electron chi connectivity index (χ0n) is 39.4. The van der Waals surface area contributed by atoms with Crippen molar-refractivity contribution in [3.63, 3.8) is 0 Å². The molecule has 0 saturated carbocycles. The first kappa shape index (κ1) is 45.7. The van der Waals surface area contributed by atoms with Crippen LogP contribution in [0.3, 0.4) is 0 Å². The van der Waals surface area contributed by atoms with Gasteiger partial charge in [-0.2, -0.15) is 0 Å². The van der Waals surface area contributed by atoms with Crippen LogP contribution in [0, 0.1) is 5.41 Å². The van der Waals surface area contributed by atoms with E-state index in [1.54, 1.807) is 0 Å². The molecule has 4 bridgehead atoms. The zero-order chi connectivity index (χ0) is 44.5. The SMILES string of the molecule is C/C=C(\C=C1/CC/C=C\C/C=C\CC1(C)C)c1ccc(N(c2ccc3c(c2)C(C)(C)c2cccc4c2\C=C/C=C\C(=C\N3)C4(C)C)c2ccc3ccccc3c2)cc1.CC.CC. The highest BCUT2D eigenvalue weighted by Gasteiger charge is 2.35. The van der Waals surface area contributed by atoms with Crippen LogP contribution < -0.4 is 10.2 Å². The van der Waals surface area contributed by atoms with Crippen LogP contribution in [0.2, 0.25) is 0 Å². The lowest BCUT2D eigenvalue weighted by molar-refractivity contribution is 0.436. The molecular weight excluding hydrogens is 749 g/mol. The molecule has 5 aromatic carbocycles. The van der Waals surface area contributed by atoms with Gasteiger partial charge in [0.1, 0.15) is 0 Å². The van der Waals surface area contributed by atoms with Crippen LogP contribution >= 0.6 is 0 Å². The fourth-order valence-corrected chi connectivity index (χ4v) is 9.18. The number of fused-ring (bicyclic) bond motifs is 3. The molecule has 62 heavy (non-hydrogen) atoms. The summed E-state index contributed by atoms with van der Waals surface area (Å²) in [6, 6.07) is 38.6. The maximum Gasteiger partial charge on any atom is 0.0468 e. The van der Waals surface area contributed by atoms with Crippen molar-refractivity contribution in [1.29, 1.82) is 0 Å². The second kappa shape index (κ2) is 19.9. The third kappa shape index (κ3) is 9.46. The van der Waals surface area contributed by atoms with E-state index in [-0.39, 0.29) is 16.2 Å². The first-order chi connectivity index (χ1) is 30.0. The van der Waals surface area contributed by atoms with Crippen LogP contribution in [-0.2, 0) is 10.8 Å². The lowest BCUT2D eigenvalue weighted by Crippen LogP contribution is -2.28. The van der Waals surface area contributed by atoms with Crippen molar-refractivity contribution in [2.24, 2.45) is 5.41 Å². The van der Waals surface area contributed by atoms with Crippen molar-refractivity contribution >= 4 is 45.2 Å². The van der Waals surface area contributed by atoms with Crippen LogP contribution in [0.4, 0.5) is 22.7 Å². The number of anilines is 4. The molecule has 0 saturated heterocycles. The van der Waals surface area contributed by atoms with E-state index in [0.29, 0.717) is 0 Å². The van der Waals surface area contributed by atoms with Gasteiger partial charge in [0.15, 0.2) is 0 Å². The molecule has 2 heteroatoms. The molecule has 3 aliphatic rings. The number of nitrogens with zero attached hydrogens (tertiary/aromatic N) is 1. The van der Waals surface area contributed by atoms with Gasteiger partial charge in [-0.05, 0) is 130 Å². The van der Waals surface area contributed by atoms with Gasteiger partial charge in [0.05, 0.1) is 0 Å². The van der Waals surface area contributed by atoms with E-state index in [4.69, 9.17) is 0 Å². The molecule has 2 nitrogen and oxygen atoms in total. The largest absolute Gasteiger partial charge is 0.361 e. The van der Waals surface area contributed by atoms with Gasteiger partial charge in [-0.15, -0.1) is 0 Å². The number of benzene rings is 5. The van der Waals surface area contributed by atoms with Crippen molar-refractivity contribution in [3.05, 3.63) is 203 Å². The Morgan fingerprint density at radius 1 is 0.613 bits per heavy atom. The molecule has 1 aliphatic heterocycles. The minimum Gasteiger partial charge on any atom is -0.361 e. The van der Waals surface area contributed by atoms with E-state index in [1.807, 2.05) is 27.7 Å². The Morgan fingerprint density at radius 2 is 1.26 bits per heavy atom. The van der Waals surface area contributed by atoms with Gasteiger partial charge < -0.3 is 10.2 Å². The van der Waals surface area contributed by atoms with Gasteiger partial charge in [-0.1, -0.05) is 196 Å². The van der Waals surface area contributed by atoms with Crippen LogP contribution in [-0.4, -0.2) is 0 Å². The molecule has 0 fully saturated rings. The fourth-order valence-electron chi connectivity index (χ4n) is 9.18. The summed E-state index contributed by atoms with van der Waals surface area (Å²) in [5.41, 5.74) is 14.6. The summed E-state index contributed by atoms with van der Waals surface area (Å²) in [6.07, 6.45) is 29.4. The molecular formula is C60H70N2.